The molecule has 26 heavy (non-hydrogen) atoms. The Bertz CT molecular complexity index is 761. The molecule has 3 heterocycles. The average molecular weight is 356 g/mol. The smallest absolute Gasteiger partial charge is 0.156 e. The second-order valence-electron chi connectivity index (χ2n) is 6.80. The van der Waals surface area contributed by atoms with E-state index in [2.05, 4.69) is 40.1 Å². The summed E-state index contributed by atoms with van der Waals surface area (Å²) in [6, 6.07) is 4.18. The van der Waals surface area contributed by atoms with Crippen molar-refractivity contribution in [3.05, 3.63) is 42.1 Å². The van der Waals surface area contributed by atoms with Gasteiger partial charge in [0.1, 0.15) is 0 Å². The van der Waals surface area contributed by atoms with Crippen molar-refractivity contribution in [1.29, 1.82) is 0 Å². The number of aryl methyl sites for hydroxylation is 1. The number of aromatic nitrogens is 3. The largest absolute Gasteiger partial charge is 0.384 e. The number of rotatable bonds is 6. The Kier molecular flexibility index (Phi) is 5.74. The van der Waals surface area contributed by atoms with Crippen LogP contribution in [0.15, 0.2) is 24.9 Å². The first-order chi connectivity index (χ1) is 12.5. The molecule has 0 bridgehead atoms. The van der Waals surface area contributed by atoms with E-state index < -0.39 is 0 Å². The van der Waals surface area contributed by atoms with Gasteiger partial charge in [-0.2, -0.15) is 0 Å². The molecule has 1 atom stereocenters. The highest BCUT2D eigenvalue weighted by molar-refractivity contribution is 5.67. The van der Waals surface area contributed by atoms with Crippen molar-refractivity contribution < 1.29 is 9.47 Å². The summed E-state index contributed by atoms with van der Waals surface area (Å²) in [4.78, 5) is 11.7. The third kappa shape index (κ3) is 3.66. The number of imidazole rings is 1. The van der Waals surface area contributed by atoms with E-state index in [-0.39, 0.29) is 5.92 Å². The zero-order valence-corrected chi connectivity index (χ0v) is 16.2. The van der Waals surface area contributed by atoms with Crippen LogP contribution in [0.3, 0.4) is 0 Å². The molecular weight excluding hydrogens is 328 g/mol. The van der Waals surface area contributed by atoms with Crippen molar-refractivity contribution >= 4 is 5.70 Å². The van der Waals surface area contributed by atoms with Crippen LogP contribution in [0.4, 0.5) is 0 Å². The normalized spacial score (nSPS) is 15.9. The maximum atomic E-state index is 5.43. The zero-order chi connectivity index (χ0) is 18.7. The van der Waals surface area contributed by atoms with E-state index >= 15 is 0 Å². The van der Waals surface area contributed by atoms with E-state index in [1.165, 1.54) is 0 Å². The van der Waals surface area contributed by atoms with E-state index in [1.807, 2.05) is 20.2 Å². The summed E-state index contributed by atoms with van der Waals surface area (Å²) < 4.78 is 12.8. The third-order valence-corrected chi connectivity index (χ3v) is 4.90. The van der Waals surface area contributed by atoms with Crippen molar-refractivity contribution in [2.75, 3.05) is 40.0 Å². The Hall–Kier alpha value is -2.18. The Balaban J connectivity index is 1.87. The van der Waals surface area contributed by atoms with Gasteiger partial charge in [-0.05, 0) is 19.1 Å². The molecule has 2 aromatic heterocycles. The van der Waals surface area contributed by atoms with Crippen molar-refractivity contribution in [2.45, 2.75) is 19.8 Å². The molecule has 1 unspecified atom stereocenters. The molecule has 0 spiro atoms. The lowest BCUT2D eigenvalue weighted by molar-refractivity contribution is 0.0637. The highest BCUT2D eigenvalue weighted by Gasteiger charge is 2.21. The first-order valence-electron chi connectivity index (χ1n) is 9.03. The Morgan fingerprint density at radius 1 is 1.35 bits per heavy atom. The maximum Gasteiger partial charge on any atom is 0.156 e. The number of morpholine rings is 1. The van der Waals surface area contributed by atoms with Gasteiger partial charge in [0.05, 0.1) is 36.9 Å². The predicted molar refractivity (Wildman–Crippen MR) is 103 cm³/mol. The van der Waals surface area contributed by atoms with Gasteiger partial charge < -0.3 is 18.9 Å². The minimum Gasteiger partial charge on any atom is -0.384 e. The van der Waals surface area contributed by atoms with Crippen LogP contribution < -0.4 is 0 Å². The van der Waals surface area contributed by atoms with Crippen LogP contribution in [0, 0.1) is 6.92 Å². The van der Waals surface area contributed by atoms with Crippen molar-refractivity contribution in [3.63, 3.8) is 0 Å². The molecule has 0 radical (unpaired) electrons. The third-order valence-electron chi connectivity index (χ3n) is 4.90. The van der Waals surface area contributed by atoms with Crippen LogP contribution in [-0.2, 0) is 16.5 Å². The lowest BCUT2D eigenvalue weighted by atomic mass is 10.1. The molecule has 3 rings (SSSR count). The molecule has 0 aromatic carbocycles. The summed E-state index contributed by atoms with van der Waals surface area (Å²) in [5.41, 5.74) is 5.10. The summed E-state index contributed by atoms with van der Waals surface area (Å²) in [6.45, 7) is 12.3. The van der Waals surface area contributed by atoms with E-state index in [9.17, 15) is 0 Å². The standard InChI is InChI=1S/C20H28N4O2/c1-14(13-25-5)18-7-6-17(12-21-18)19-15(2)22-20(23(19)4)16(3)24-8-10-26-11-9-24/h6-7,12,14H,3,8-11,13H2,1-2,4-5H3. The number of hydrogen-bond acceptors (Lipinski definition) is 5. The van der Waals surface area contributed by atoms with Crippen LogP contribution in [0.2, 0.25) is 0 Å². The van der Waals surface area contributed by atoms with Crippen LogP contribution in [-0.4, -0.2) is 59.5 Å². The van der Waals surface area contributed by atoms with Gasteiger partial charge in [-0.1, -0.05) is 13.5 Å². The fraction of sp³-hybridized carbons (Fsp3) is 0.500. The molecule has 1 aliphatic heterocycles. The molecule has 1 fully saturated rings. The summed E-state index contributed by atoms with van der Waals surface area (Å²) in [5, 5.41) is 0. The monoisotopic (exact) mass is 356 g/mol. The quantitative estimate of drug-likeness (QED) is 0.797. The Morgan fingerprint density at radius 3 is 2.69 bits per heavy atom. The lowest BCUT2D eigenvalue weighted by Gasteiger charge is -2.30. The fourth-order valence-corrected chi connectivity index (χ4v) is 3.44. The lowest BCUT2D eigenvalue weighted by Crippen LogP contribution is -2.35. The van der Waals surface area contributed by atoms with Gasteiger partial charge in [0.15, 0.2) is 5.82 Å². The van der Waals surface area contributed by atoms with Gasteiger partial charge >= 0.3 is 0 Å². The predicted octanol–water partition coefficient (Wildman–Crippen LogP) is 2.84. The molecule has 6 heteroatoms. The maximum absolute atomic E-state index is 5.43. The number of methoxy groups -OCH3 is 1. The van der Waals surface area contributed by atoms with Gasteiger partial charge in [-0.3, -0.25) is 4.98 Å². The molecule has 140 valence electrons. The molecule has 1 aliphatic rings. The van der Waals surface area contributed by atoms with Crippen LogP contribution in [0.5, 0.6) is 0 Å². The first-order valence-corrected chi connectivity index (χ1v) is 9.03. The highest BCUT2D eigenvalue weighted by Crippen LogP contribution is 2.28. The number of ether oxygens (including phenoxy) is 2. The second kappa shape index (κ2) is 8.01. The molecule has 1 saturated heterocycles. The van der Waals surface area contributed by atoms with Gasteiger partial charge in [0, 0.05) is 50.6 Å². The molecule has 6 nitrogen and oxygen atoms in total. The fourth-order valence-electron chi connectivity index (χ4n) is 3.44. The second-order valence-corrected chi connectivity index (χ2v) is 6.80. The number of hydrogen-bond donors (Lipinski definition) is 0. The summed E-state index contributed by atoms with van der Waals surface area (Å²) >= 11 is 0. The molecule has 0 saturated carbocycles. The molecular formula is C20H28N4O2. The highest BCUT2D eigenvalue weighted by atomic mass is 16.5. The SMILES string of the molecule is C=C(c1nc(C)c(-c2ccc(C(C)COC)nc2)n1C)N1CCOCC1. The Morgan fingerprint density at radius 2 is 2.08 bits per heavy atom. The zero-order valence-electron chi connectivity index (χ0n) is 16.2. The van der Waals surface area contributed by atoms with E-state index in [0.717, 1.165) is 60.5 Å². The van der Waals surface area contributed by atoms with E-state index in [4.69, 9.17) is 14.5 Å². The molecule has 2 aromatic rings. The van der Waals surface area contributed by atoms with Crippen molar-refractivity contribution in [2.24, 2.45) is 7.05 Å². The topological polar surface area (TPSA) is 52.4 Å². The number of nitrogens with zero attached hydrogens (tertiary/aromatic N) is 4. The first kappa shape index (κ1) is 18.6. The van der Waals surface area contributed by atoms with Crippen molar-refractivity contribution in [1.82, 2.24) is 19.4 Å². The van der Waals surface area contributed by atoms with Crippen LogP contribution >= 0.6 is 0 Å². The molecule has 0 amide bonds. The van der Waals surface area contributed by atoms with Crippen LogP contribution in [0.1, 0.15) is 30.1 Å². The van der Waals surface area contributed by atoms with Gasteiger partial charge in [0.25, 0.3) is 0 Å². The van der Waals surface area contributed by atoms with Gasteiger partial charge in [0.2, 0.25) is 0 Å². The summed E-state index contributed by atoms with van der Waals surface area (Å²) in [7, 11) is 3.75. The van der Waals surface area contributed by atoms with E-state index in [1.54, 1.807) is 7.11 Å². The van der Waals surface area contributed by atoms with Gasteiger partial charge in [-0.25, -0.2) is 4.98 Å². The number of pyridine rings is 1. The van der Waals surface area contributed by atoms with Gasteiger partial charge in [-0.15, -0.1) is 0 Å². The molecule has 0 aliphatic carbocycles. The Labute approximate surface area is 155 Å². The molecule has 0 N–H and O–H groups in total. The summed E-state index contributed by atoms with van der Waals surface area (Å²) in [5.74, 6) is 1.18. The minimum atomic E-state index is 0.276. The van der Waals surface area contributed by atoms with E-state index in [0.29, 0.717) is 6.61 Å². The van der Waals surface area contributed by atoms with Crippen LogP contribution in [0.25, 0.3) is 17.0 Å². The minimum absolute atomic E-state index is 0.276. The van der Waals surface area contributed by atoms with Crippen molar-refractivity contribution in [3.8, 4) is 11.3 Å². The average Bonchev–Trinajstić information content (AvgIpc) is 2.96. The summed E-state index contributed by atoms with van der Waals surface area (Å²) in [6.07, 6.45) is 1.92.